The lowest BCUT2D eigenvalue weighted by atomic mass is 10.2. The van der Waals surface area contributed by atoms with E-state index >= 15 is 0 Å². The number of anilines is 2. The fourth-order valence-corrected chi connectivity index (χ4v) is 1.34. The van der Waals surface area contributed by atoms with Gasteiger partial charge < -0.3 is 20.1 Å². The summed E-state index contributed by atoms with van der Waals surface area (Å²) in [6.07, 6.45) is -1.03. The third-order valence-corrected chi connectivity index (χ3v) is 2.87. The minimum absolute atomic E-state index is 0.225. The van der Waals surface area contributed by atoms with Gasteiger partial charge in [0.05, 0.1) is 0 Å². The predicted octanol–water partition coefficient (Wildman–Crippen LogP) is 1.63. The Labute approximate surface area is 118 Å². The lowest BCUT2D eigenvalue weighted by Gasteiger charge is -2.12. The molecule has 6 nitrogen and oxygen atoms in total. The van der Waals surface area contributed by atoms with Crippen LogP contribution in [-0.2, 0) is 19.1 Å². The van der Waals surface area contributed by atoms with E-state index in [-0.39, 0.29) is 11.8 Å². The molecule has 1 rings (SSSR count). The standard InChI is InChI=1S/C14H20N2O4/c1-9(19-3)13(17)15-11-5-7-12(8-6-11)16-14(18)10(2)20-4/h5-10H,1-4H3,(H,15,17)(H,16,18). The molecule has 2 amide bonds. The maximum atomic E-state index is 11.6. The second-order valence-corrected chi connectivity index (χ2v) is 4.31. The van der Waals surface area contributed by atoms with Gasteiger partial charge in [0.1, 0.15) is 12.2 Å². The minimum Gasteiger partial charge on any atom is -0.372 e. The van der Waals surface area contributed by atoms with E-state index in [0.29, 0.717) is 11.4 Å². The Morgan fingerprint density at radius 3 is 1.40 bits per heavy atom. The molecule has 0 spiro atoms. The van der Waals surface area contributed by atoms with E-state index in [0.717, 1.165) is 0 Å². The molecule has 0 saturated carbocycles. The molecule has 0 heterocycles. The summed E-state index contributed by atoms with van der Waals surface area (Å²) in [6.45, 7) is 3.33. The summed E-state index contributed by atoms with van der Waals surface area (Å²) < 4.78 is 9.83. The number of carbonyl (C=O) groups excluding carboxylic acids is 2. The highest BCUT2D eigenvalue weighted by molar-refractivity contribution is 5.95. The number of nitrogens with one attached hydrogen (secondary N) is 2. The average molecular weight is 280 g/mol. The van der Waals surface area contributed by atoms with Crippen molar-refractivity contribution in [2.75, 3.05) is 24.9 Å². The van der Waals surface area contributed by atoms with Crippen molar-refractivity contribution in [2.24, 2.45) is 0 Å². The van der Waals surface area contributed by atoms with Crippen molar-refractivity contribution >= 4 is 23.2 Å². The van der Waals surface area contributed by atoms with Gasteiger partial charge in [0, 0.05) is 25.6 Å². The van der Waals surface area contributed by atoms with Crippen molar-refractivity contribution in [3.63, 3.8) is 0 Å². The average Bonchev–Trinajstić information content (AvgIpc) is 2.47. The zero-order chi connectivity index (χ0) is 15.1. The predicted molar refractivity (Wildman–Crippen MR) is 76.6 cm³/mol. The van der Waals surface area contributed by atoms with Crippen LogP contribution in [0.2, 0.25) is 0 Å². The highest BCUT2D eigenvalue weighted by Crippen LogP contribution is 2.14. The van der Waals surface area contributed by atoms with Crippen LogP contribution in [0.1, 0.15) is 13.8 Å². The van der Waals surface area contributed by atoms with Gasteiger partial charge in [0.25, 0.3) is 11.8 Å². The zero-order valence-corrected chi connectivity index (χ0v) is 12.1. The Hall–Kier alpha value is -1.92. The number of carbonyl (C=O) groups is 2. The molecule has 0 aliphatic heterocycles. The summed E-state index contributed by atoms with van der Waals surface area (Å²) in [6, 6.07) is 6.81. The summed E-state index contributed by atoms with van der Waals surface area (Å²) in [7, 11) is 2.94. The van der Waals surface area contributed by atoms with Crippen LogP contribution in [0.25, 0.3) is 0 Å². The van der Waals surface area contributed by atoms with Crippen LogP contribution in [0, 0.1) is 0 Å². The molecule has 0 fully saturated rings. The molecule has 0 bridgehead atoms. The van der Waals surface area contributed by atoms with Crippen LogP contribution in [0.4, 0.5) is 11.4 Å². The molecule has 6 heteroatoms. The first kappa shape index (κ1) is 16.1. The van der Waals surface area contributed by atoms with Crippen molar-refractivity contribution in [3.8, 4) is 0 Å². The smallest absolute Gasteiger partial charge is 0.253 e. The van der Waals surface area contributed by atoms with E-state index in [4.69, 9.17) is 9.47 Å². The van der Waals surface area contributed by atoms with Crippen molar-refractivity contribution in [3.05, 3.63) is 24.3 Å². The molecule has 0 saturated heterocycles. The van der Waals surface area contributed by atoms with Crippen LogP contribution < -0.4 is 10.6 Å². The molecule has 0 radical (unpaired) electrons. The third-order valence-electron chi connectivity index (χ3n) is 2.87. The molecule has 1 aromatic carbocycles. The number of hydrogen-bond donors (Lipinski definition) is 2. The molecule has 1 aromatic rings. The summed E-state index contributed by atoms with van der Waals surface area (Å²) >= 11 is 0. The minimum atomic E-state index is -0.517. The van der Waals surface area contributed by atoms with Gasteiger partial charge in [-0.15, -0.1) is 0 Å². The van der Waals surface area contributed by atoms with Crippen molar-refractivity contribution in [1.29, 1.82) is 0 Å². The molecule has 0 aliphatic carbocycles. The van der Waals surface area contributed by atoms with E-state index in [1.165, 1.54) is 14.2 Å². The fourth-order valence-electron chi connectivity index (χ4n) is 1.34. The van der Waals surface area contributed by atoms with Crippen LogP contribution in [-0.4, -0.2) is 38.2 Å². The SMILES string of the molecule is COC(C)C(=O)Nc1ccc(NC(=O)C(C)OC)cc1. The van der Waals surface area contributed by atoms with Gasteiger partial charge in [0.15, 0.2) is 0 Å². The van der Waals surface area contributed by atoms with Crippen molar-refractivity contribution < 1.29 is 19.1 Å². The number of rotatable bonds is 6. The van der Waals surface area contributed by atoms with Crippen LogP contribution in [0.15, 0.2) is 24.3 Å². The summed E-state index contributed by atoms with van der Waals surface area (Å²) in [5.74, 6) is -0.449. The van der Waals surface area contributed by atoms with Crippen LogP contribution in [0.5, 0.6) is 0 Å². The van der Waals surface area contributed by atoms with Crippen molar-refractivity contribution in [1.82, 2.24) is 0 Å². The number of hydrogen-bond acceptors (Lipinski definition) is 4. The Morgan fingerprint density at radius 1 is 0.850 bits per heavy atom. The summed E-state index contributed by atoms with van der Waals surface area (Å²) in [4.78, 5) is 23.2. The second-order valence-electron chi connectivity index (χ2n) is 4.31. The molecular weight excluding hydrogens is 260 g/mol. The normalized spacial score (nSPS) is 13.4. The van der Waals surface area contributed by atoms with E-state index < -0.39 is 12.2 Å². The van der Waals surface area contributed by atoms with Gasteiger partial charge in [-0.1, -0.05) is 0 Å². The molecule has 2 atom stereocenters. The molecule has 2 unspecified atom stereocenters. The second kappa shape index (κ2) is 7.62. The van der Waals surface area contributed by atoms with Gasteiger partial charge in [-0.05, 0) is 38.1 Å². The van der Waals surface area contributed by atoms with E-state index in [9.17, 15) is 9.59 Å². The van der Waals surface area contributed by atoms with Gasteiger partial charge in [-0.3, -0.25) is 9.59 Å². The zero-order valence-electron chi connectivity index (χ0n) is 12.1. The highest BCUT2D eigenvalue weighted by Gasteiger charge is 2.13. The Bertz CT molecular complexity index is 416. The Balaban J connectivity index is 2.61. The third kappa shape index (κ3) is 4.64. The van der Waals surface area contributed by atoms with Gasteiger partial charge >= 0.3 is 0 Å². The molecular formula is C14H20N2O4. The highest BCUT2D eigenvalue weighted by atomic mass is 16.5. The lowest BCUT2D eigenvalue weighted by molar-refractivity contribution is -0.125. The van der Waals surface area contributed by atoms with E-state index in [2.05, 4.69) is 10.6 Å². The van der Waals surface area contributed by atoms with Gasteiger partial charge in [-0.25, -0.2) is 0 Å². The maximum Gasteiger partial charge on any atom is 0.253 e. The molecule has 0 aromatic heterocycles. The monoisotopic (exact) mass is 280 g/mol. The molecule has 2 N–H and O–H groups in total. The number of methoxy groups -OCH3 is 2. The largest absolute Gasteiger partial charge is 0.372 e. The van der Waals surface area contributed by atoms with Gasteiger partial charge in [-0.2, -0.15) is 0 Å². The van der Waals surface area contributed by atoms with Gasteiger partial charge in [0.2, 0.25) is 0 Å². The first-order valence-electron chi connectivity index (χ1n) is 6.25. The number of benzene rings is 1. The van der Waals surface area contributed by atoms with E-state index in [1.807, 2.05) is 0 Å². The van der Waals surface area contributed by atoms with E-state index in [1.54, 1.807) is 38.1 Å². The number of ether oxygens (including phenoxy) is 2. The topological polar surface area (TPSA) is 76.7 Å². The molecule has 110 valence electrons. The van der Waals surface area contributed by atoms with Crippen LogP contribution >= 0.6 is 0 Å². The first-order chi connectivity index (χ1) is 9.47. The van der Waals surface area contributed by atoms with Crippen LogP contribution in [0.3, 0.4) is 0 Å². The Morgan fingerprint density at radius 2 is 1.15 bits per heavy atom. The fraction of sp³-hybridized carbons (Fsp3) is 0.429. The molecule has 0 aliphatic rings. The summed E-state index contributed by atoms with van der Waals surface area (Å²) in [5.41, 5.74) is 1.27. The Kier molecular flexibility index (Phi) is 6.14. The first-order valence-corrected chi connectivity index (χ1v) is 6.25. The van der Waals surface area contributed by atoms with Crippen molar-refractivity contribution in [2.45, 2.75) is 26.1 Å². The maximum absolute atomic E-state index is 11.6. The summed E-state index contributed by atoms with van der Waals surface area (Å²) in [5, 5.41) is 5.41. The molecule has 20 heavy (non-hydrogen) atoms. The lowest BCUT2D eigenvalue weighted by Crippen LogP contribution is -2.27. The quantitative estimate of drug-likeness (QED) is 0.830. The number of amides is 2.